The van der Waals surface area contributed by atoms with Gasteiger partial charge >= 0.3 is 0 Å². The lowest BCUT2D eigenvalue weighted by atomic mass is 9.80. The highest BCUT2D eigenvalue weighted by molar-refractivity contribution is 9.10. The van der Waals surface area contributed by atoms with Gasteiger partial charge in [0, 0.05) is 23.5 Å². The Morgan fingerprint density at radius 3 is 2.73 bits per heavy atom. The van der Waals surface area contributed by atoms with Gasteiger partial charge in [-0.2, -0.15) is 0 Å². The predicted molar refractivity (Wildman–Crippen MR) is 85.7 cm³/mol. The standard InChI is InChI=1S/C14H20BrFN2O3S/c1-21-10-14(4-6-17-7-5-14)9-18-22(19,20)13-8-11(15)2-3-12(13)16/h2-3,8,17-18H,4-7,9-10H2,1H3. The van der Waals surface area contributed by atoms with Gasteiger partial charge in [0.05, 0.1) is 6.61 Å². The zero-order chi connectivity index (χ0) is 16.2. The molecule has 1 aromatic carbocycles. The smallest absolute Gasteiger partial charge is 0.243 e. The van der Waals surface area contributed by atoms with Crippen LogP contribution in [0.2, 0.25) is 0 Å². The van der Waals surface area contributed by atoms with E-state index in [1.165, 1.54) is 12.1 Å². The van der Waals surface area contributed by atoms with Crippen LogP contribution in [0.15, 0.2) is 27.6 Å². The molecular formula is C14H20BrFN2O3S. The van der Waals surface area contributed by atoms with E-state index in [1.807, 2.05) is 0 Å². The third kappa shape index (κ3) is 4.26. The van der Waals surface area contributed by atoms with E-state index in [2.05, 4.69) is 26.0 Å². The Bertz CT molecular complexity index is 613. The molecule has 1 heterocycles. The Labute approximate surface area is 138 Å². The van der Waals surface area contributed by atoms with E-state index in [0.29, 0.717) is 11.1 Å². The number of ether oxygens (including phenoxy) is 1. The van der Waals surface area contributed by atoms with E-state index in [-0.39, 0.29) is 16.9 Å². The van der Waals surface area contributed by atoms with Crippen LogP contribution >= 0.6 is 15.9 Å². The van der Waals surface area contributed by atoms with Crippen molar-refractivity contribution in [1.82, 2.24) is 10.0 Å². The first-order valence-corrected chi connectivity index (χ1v) is 9.31. The summed E-state index contributed by atoms with van der Waals surface area (Å²) >= 11 is 3.16. The number of hydrogen-bond donors (Lipinski definition) is 2. The summed E-state index contributed by atoms with van der Waals surface area (Å²) in [6.45, 7) is 2.33. The van der Waals surface area contributed by atoms with Crippen LogP contribution < -0.4 is 10.0 Å². The van der Waals surface area contributed by atoms with Crippen molar-refractivity contribution in [2.45, 2.75) is 17.7 Å². The average Bonchev–Trinajstić information content (AvgIpc) is 2.49. The van der Waals surface area contributed by atoms with Crippen LogP contribution in [0.1, 0.15) is 12.8 Å². The van der Waals surface area contributed by atoms with E-state index >= 15 is 0 Å². The molecule has 124 valence electrons. The Morgan fingerprint density at radius 1 is 1.41 bits per heavy atom. The highest BCUT2D eigenvalue weighted by Gasteiger charge is 2.34. The molecule has 0 atom stereocenters. The van der Waals surface area contributed by atoms with E-state index in [9.17, 15) is 12.8 Å². The number of halogens is 2. The first kappa shape index (κ1) is 17.8. The summed E-state index contributed by atoms with van der Waals surface area (Å²) in [5, 5.41) is 3.24. The monoisotopic (exact) mass is 394 g/mol. The molecule has 8 heteroatoms. The van der Waals surface area contributed by atoms with Crippen LogP contribution in [0.4, 0.5) is 4.39 Å². The maximum atomic E-state index is 13.8. The summed E-state index contributed by atoms with van der Waals surface area (Å²) in [6.07, 6.45) is 1.62. The van der Waals surface area contributed by atoms with Crippen LogP contribution in [-0.4, -0.2) is 41.8 Å². The van der Waals surface area contributed by atoms with Gasteiger partial charge in [0.25, 0.3) is 0 Å². The van der Waals surface area contributed by atoms with Crippen LogP contribution in [0.5, 0.6) is 0 Å². The molecule has 0 bridgehead atoms. The van der Waals surface area contributed by atoms with Gasteiger partial charge in [0.15, 0.2) is 0 Å². The second-order valence-corrected chi connectivity index (χ2v) is 8.23. The molecular weight excluding hydrogens is 375 g/mol. The predicted octanol–water partition coefficient (Wildman–Crippen LogP) is 1.88. The minimum Gasteiger partial charge on any atom is -0.384 e. The summed E-state index contributed by atoms with van der Waals surface area (Å²) < 4.78 is 46.8. The maximum Gasteiger partial charge on any atom is 0.243 e. The van der Waals surface area contributed by atoms with Crippen molar-refractivity contribution >= 4 is 26.0 Å². The van der Waals surface area contributed by atoms with Crippen molar-refractivity contribution < 1.29 is 17.5 Å². The Balaban J connectivity index is 2.15. The van der Waals surface area contributed by atoms with Gasteiger partial charge in [-0.3, -0.25) is 0 Å². The highest BCUT2D eigenvalue weighted by Crippen LogP contribution is 2.29. The van der Waals surface area contributed by atoms with Gasteiger partial charge in [0.2, 0.25) is 10.0 Å². The first-order chi connectivity index (χ1) is 10.4. The fourth-order valence-electron chi connectivity index (χ4n) is 2.64. The Morgan fingerprint density at radius 2 is 2.09 bits per heavy atom. The number of benzene rings is 1. The quantitative estimate of drug-likeness (QED) is 0.772. The molecule has 0 amide bonds. The third-order valence-electron chi connectivity index (χ3n) is 3.93. The van der Waals surface area contributed by atoms with Gasteiger partial charge < -0.3 is 10.1 Å². The van der Waals surface area contributed by atoms with Crippen molar-refractivity contribution in [3.63, 3.8) is 0 Å². The molecule has 22 heavy (non-hydrogen) atoms. The van der Waals surface area contributed by atoms with Crippen molar-refractivity contribution in [1.29, 1.82) is 0 Å². The Kier molecular flexibility index (Phi) is 5.95. The lowest BCUT2D eigenvalue weighted by Gasteiger charge is -2.37. The largest absolute Gasteiger partial charge is 0.384 e. The molecule has 0 spiro atoms. The number of hydrogen-bond acceptors (Lipinski definition) is 4. The molecule has 0 aromatic heterocycles. The van der Waals surface area contributed by atoms with Crippen LogP contribution in [0.25, 0.3) is 0 Å². The van der Waals surface area contributed by atoms with Crippen molar-refractivity contribution in [2.75, 3.05) is 33.4 Å². The van der Waals surface area contributed by atoms with E-state index < -0.39 is 15.8 Å². The molecule has 5 nitrogen and oxygen atoms in total. The van der Waals surface area contributed by atoms with Gasteiger partial charge in [0.1, 0.15) is 10.7 Å². The highest BCUT2D eigenvalue weighted by atomic mass is 79.9. The average molecular weight is 395 g/mol. The zero-order valence-corrected chi connectivity index (χ0v) is 14.8. The second-order valence-electron chi connectivity index (χ2n) is 5.58. The molecule has 0 radical (unpaired) electrons. The SMILES string of the molecule is COCC1(CNS(=O)(=O)c2cc(Br)ccc2F)CCNCC1. The molecule has 2 N–H and O–H groups in total. The van der Waals surface area contributed by atoms with Crippen molar-refractivity contribution in [3.8, 4) is 0 Å². The van der Waals surface area contributed by atoms with E-state index in [1.54, 1.807) is 7.11 Å². The number of nitrogens with one attached hydrogen (secondary N) is 2. The summed E-state index contributed by atoms with van der Waals surface area (Å²) in [7, 11) is -2.30. The molecule has 1 fully saturated rings. The number of rotatable bonds is 6. The third-order valence-corrected chi connectivity index (χ3v) is 5.84. The topological polar surface area (TPSA) is 67.4 Å². The zero-order valence-electron chi connectivity index (χ0n) is 12.4. The normalized spacial score (nSPS) is 18.3. The number of methoxy groups -OCH3 is 1. The molecule has 1 saturated heterocycles. The van der Waals surface area contributed by atoms with Gasteiger partial charge in [-0.1, -0.05) is 15.9 Å². The van der Waals surface area contributed by atoms with E-state index in [4.69, 9.17) is 4.74 Å². The van der Waals surface area contributed by atoms with Crippen LogP contribution in [0.3, 0.4) is 0 Å². The number of piperidine rings is 1. The fraction of sp³-hybridized carbons (Fsp3) is 0.571. The second kappa shape index (κ2) is 7.35. The minimum atomic E-state index is -3.90. The lowest BCUT2D eigenvalue weighted by molar-refractivity contribution is 0.0577. The Hall–Kier alpha value is -0.540. The molecule has 2 rings (SSSR count). The minimum absolute atomic E-state index is 0.233. The molecule has 1 aliphatic rings. The molecule has 0 saturated carbocycles. The van der Waals surface area contributed by atoms with Gasteiger partial charge in [-0.25, -0.2) is 17.5 Å². The van der Waals surface area contributed by atoms with Crippen molar-refractivity contribution in [3.05, 3.63) is 28.5 Å². The lowest BCUT2D eigenvalue weighted by Crippen LogP contribution is -2.47. The number of sulfonamides is 1. The van der Waals surface area contributed by atoms with Gasteiger partial charge in [-0.05, 0) is 44.1 Å². The summed E-state index contributed by atoms with van der Waals surface area (Å²) in [4.78, 5) is -0.344. The molecule has 0 aliphatic carbocycles. The van der Waals surface area contributed by atoms with Crippen molar-refractivity contribution in [2.24, 2.45) is 5.41 Å². The maximum absolute atomic E-state index is 13.8. The fourth-order valence-corrected chi connectivity index (χ4v) is 4.42. The summed E-state index contributed by atoms with van der Waals surface area (Å²) in [5.41, 5.74) is -0.254. The molecule has 0 unspecified atom stereocenters. The molecule has 1 aliphatic heterocycles. The van der Waals surface area contributed by atoms with E-state index in [0.717, 1.165) is 32.0 Å². The first-order valence-electron chi connectivity index (χ1n) is 7.03. The summed E-state index contributed by atoms with van der Waals surface area (Å²) in [6, 6.07) is 3.87. The van der Waals surface area contributed by atoms with Crippen LogP contribution in [0, 0.1) is 11.2 Å². The van der Waals surface area contributed by atoms with Gasteiger partial charge in [-0.15, -0.1) is 0 Å². The summed E-state index contributed by atoms with van der Waals surface area (Å²) in [5.74, 6) is -0.762. The molecule has 1 aromatic rings. The van der Waals surface area contributed by atoms with Crippen LogP contribution in [-0.2, 0) is 14.8 Å².